The quantitative estimate of drug-likeness (QED) is 0.164. The number of ether oxygens (including phenoxy) is 1. The van der Waals surface area contributed by atoms with Crippen LogP contribution in [0.4, 0.5) is 14.5 Å². The van der Waals surface area contributed by atoms with Crippen LogP contribution in [0.5, 0.6) is 5.75 Å². The fourth-order valence-corrected chi connectivity index (χ4v) is 6.06. The van der Waals surface area contributed by atoms with Crippen molar-refractivity contribution < 1.29 is 31.5 Å². The number of halogens is 3. The predicted molar refractivity (Wildman–Crippen MR) is 150 cm³/mol. The van der Waals surface area contributed by atoms with E-state index in [1.54, 1.807) is 48.5 Å². The van der Waals surface area contributed by atoms with Crippen LogP contribution in [0.3, 0.4) is 0 Å². The molecule has 0 radical (unpaired) electrons. The number of rotatable bonds is 10. The smallest absolute Gasteiger partial charge is 0.264 e. The number of sulfonamides is 1. The Hall–Kier alpha value is -4.28. The zero-order valence-corrected chi connectivity index (χ0v) is 23.0. The van der Waals surface area contributed by atoms with Gasteiger partial charge in [-0.25, -0.2) is 17.2 Å². The molecule has 7 nitrogen and oxygen atoms in total. The van der Waals surface area contributed by atoms with Gasteiger partial charge in [0.15, 0.2) is 0 Å². The van der Waals surface area contributed by atoms with Crippen molar-refractivity contribution in [3.63, 3.8) is 0 Å². The highest BCUT2D eigenvalue weighted by molar-refractivity contribution is 7.92. The zero-order valence-electron chi connectivity index (χ0n) is 21.5. The van der Waals surface area contributed by atoms with Crippen LogP contribution < -0.4 is 9.04 Å². The molecule has 5 rings (SSSR count). The van der Waals surface area contributed by atoms with Crippen LogP contribution in [-0.2, 0) is 16.6 Å². The van der Waals surface area contributed by atoms with E-state index in [0.717, 1.165) is 27.4 Å². The maximum Gasteiger partial charge on any atom is 0.264 e. The molecule has 4 aromatic rings. The summed E-state index contributed by atoms with van der Waals surface area (Å²) in [6.07, 6.45) is 0.311. The van der Waals surface area contributed by atoms with E-state index in [1.807, 2.05) is 0 Å². The summed E-state index contributed by atoms with van der Waals surface area (Å²) in [5.41, 5.74) is 0.625. The third kappa shape index (κ3) is 5.79. The van der Waals surface area contributed by atoms with Gasteiger partial charge in [0.05, 0.1) is 34.9 Å². The minimum absolute atomic E-state index is 0.0999. The SMILES string of the molecule is O=C1c2ccccc2C(=O)N1CCCOc1ccccc1CN(c1cc(F)ccc1F)S(=O)(=O)c1ccc(Cl)cc1. The number of fused-ring (bicyclic) bond motifs is 1. The minimum atomic E-state index is -4.37. The van der Waals surface area contributed by atoms with Crippen molar-refractivity contribution in [2.75, 3.05) is 17.5 Å². The molecule has 0 N–H and O–H groups in total. The first-order valence-electron chi connectivity index (χ1n) is 12.6. The molecular weight excluding hydrogens is 574 g/mol. The molecule has 0 aliphatic carbocycles. The lowest BCUT2D eigenvalue weighted by molar-refractivity contribution is 0.0646. The molecule has 1 heterocycles. The fourth-order valence-electron chi connectivity index (χ4n) is 4.49. The van der Waals surface area contributed by atoms with Crippen molar-refractivity contribution in [1.29, 1.82) is 0 Å². The standard InChI is InChI=1S/C30H23ClF2N2O5S/c31-21-10-13-23(14-11-21)41(38,39)35(27-18-22(32)12-15-26(27)33)19-20-6-1-4-9-28(20)40-17-5-16-34-29(36)24-7-2-3-8-25(24)30(34)37/h1-4,6-15,18H,5,16-17,19H2. The Labute approximate surface area is 240 Å². The third-order valence-corrected chi connectivity index (χ3v) is 8.55. The van der Waals surface area contributed by atoms with Gasteiger partial charge < -0.3 is 4.74 Å². The largest absolute Gasteiger partial charge is 0.493 e. The maximum absolute atomic E-state index is 14.9. The van der Waals surface area contributed by atoms with Gasteiger partial charge in [-0.3, -0.25) is 18.8 Å². The lowest BCUT2D eigenvalue weighted by Crippen LogP contribution is -2.32. The van der Waals surface area contributed by atoms with Crippen molar-refractivity contribution in [3.05, 3.63) is 124 Å². The van der Waals surface area contributed by atoms with Crippen LogP contribution in [0.25, 0.3) is 0 Å². The van der Waals surface area contributed by atoms with E-state index in [1.165, 1.54) is 24.3 Å². The molecule has 0 fully saturated rings. The van der Waals surface area contributed by atoms with Gasteiger partial charge in [-0.2, -0.15) is 0 Å². The maximum atomic E-state index is 14.9. The summed E-state index contributed by atoms with van der Waals surface area (Å²) in [5, 5.41) is 0.312. The first-order valence-corrected chi connectivity index (χ1v) is 14.4. The Morgan fingerprint density at radius 3 is 2.15 bits per heavy atom. The number of carbonyl (C=O) groups excluding carboxylic acids is 2. The van der Waals surface area contributed by atoms with E-state index >= 15 is 0 Å². The van der Waals surface area contributed by atoms with Crippen LogP contribution in [0.2, 0.25) is 5.02 Å². The average Bonchev–Trinajstić information content (AvgIpc) is 3.21. The molecule has 1 aliphatic rings. The summed E-state index contributed by atoms with van der Waals surface area (Å²) >= 11 is 5.92. The van der Waals surface area contributed by atoms with Crippen molar-refractivity contribution in [2.45, 2.75) is 17.9 Å². The van der Waals surface area contributed by atoms with E-state index in [4.69, 9.17) is 16.3 Å². The topological polar surface area (TPSA) is 84.0 Å². The molecular formula is C30H23ClF2N2O5S. The first-order chi connectivity index (χ1) is 19.7. The normalized spacial score (nSPS) is 12.9. The number of hydrogen-bond acceptors (Lipinski definition) is 5. The summed E-state index contributed by atoms with van der Waals surface area (Å²) in [5.74, 6) is -2.17. The summed E-state index contributed by atoms with van der Waals surface area (Å²) < 4.78 is 63.1. The molecule has 0 atom stereocenters. The van der Waals surface area contributed by atoms with Crippen LogP contribution >= 0.6 is 11.6 Å². The molecule has 0 bridgehead atoms. The van der Waals surface area contributed by atoms with Crippen LogP contribution in [0, 0.1) is 11.6 Å². The second-order valence-corrected chi connectivity index (χ2v) is 11.5. The van der Waals surface area contributed by atoms with Crippen molar-refractivity contribution in [1.82, 2.24) is 4.90 Å². The second kappa shape index (κ2) is 11.7. The van der Waals surface area contributed by atoms with E-state index in [0.29, 0.717) is 33.9 Å². The summed E-state index contributed by atoms with van der Waals surface area (Å²) in [6.45, 7) is -0.150. The molecule has 2 amide bonds. The molecule has 0 unspecified atom stereocenters. The van der Waals surface area contributed by atoms with Crippen LogP contribution in [0.15, 0.2) is 95.9 Å². The lowest BCUT2D eigenvalue weighted by Gasteiger charge is -2.26. The highest BCUT2D eigenvalue weighted by Gasteiger charge is 2.34. The van der Waals surface area contributed by atoms with Crippen molar-refractivity contribution in [3.8, 4) is 5.75 Å². The average molecular weight is 597 g/mol. The molecule has 4 aromatic carbocycles. The molecule has 210 valence electrons. The van der Waals surface area contributed by atoms with Crippen LogP contribution in [0.1, 0.15) is 32.7 Å². The van der Waals surface area contributed by atoms with E-state index in [9.17, 15) is 26.8 Å². The monoisotopic (exact) mass is 596 g/mol. The molecule has 41 heavy (non-hydrogen) atoms. The van der Waals surface area contributed by atoms with E-state index < -0.39 is 27.3 Å². The van der Waals surface area contributed by atoms with Gasteiger partial charge in [-0.05, 0) is 61.0 Å². The number of carbonyl (C=O) groups is 2. The first kappa shape index (κ1) is 28.3. The zero-order chi connectivity index (χ0) is 29.1. The summed E-state index contributed by atoms with van der Waals surface area (Å²) in [6, 6.07) is 21.1. The summed E-state index contributed by atoms with van der Waals surface area (Å²) in [4.78, 5) is 26.2. The molecule has 0 saturated heterocycles. The van der Waals surface area contributed by atoms with Gasteiger partial charge in [0.25, 0.3) is 21.8 Å². The van der Waals surface area contributed by atoms with Gasteiger partial charge in [-0.1, -0.05) is 41.9 Å². The number of para-hydroxylation sites is 1. The molecule has 11 heteroatoms. The number of hydrogen-bond donors (Lipinski definition) is 0. The Bertz CT molecular complexity index is 1700. The predicted octanol–water partition coefficient (Wildman–Crippen LogP) is 6.08. The highest BCUT2D eigenvalue weighted by atomic mass is 35.5. The lowest BCUT2D eigenvalue weighted by atomic mass is 10.1. The van der Waals surface area contributed by atoms with Gasteiger partial charge in [-0.15, -0.1) is 0 Å². The van der Waals surface area contributed by atoms with Gasteiger partial charge >= 0.3 is 0 Å². The number of nitrogens with zero attached hydrogens (tertiary/aromatic N) is 2. The molecule has 0 saturated carbocycles. The number of benzene rings is 4. The van der Waals surface area contributed by atoms with Gasteiger partial charge in [0.1, 0.15) is 17.4 Å². The van der Waals surface area contributed by atoms with Crippen molar-refractivity contribution in [2.24, 2.45) is 0 Å². The van der Waals surface area contributed by atoms with Crippen LogP contribution in [-0.4, -0.2) is 38.3 Å². The Balaban J connectivity index is 1.36. The number of imide groups is 1. The van der Waals surface area contributed by atoms with E-state index in [-0.39, 0.29) is 36.4 Å². The number of anilines is 1. The Morgan fingerprint density at radius 1 is 0.829 bits per heavy atom. The third-order valence-electron chi connectivity index (χ3n) is 6.53. The fraction of sp³-hybridized carbons (Fsp3) is 0.133. The minimum Gasteiger partial charge on any atom is -0.493 e. The van der Waals surface area contributed by atoms with Crippen molar-refractivity contribution >= 4 is 39.1 Å². The Kier molecular flexibility index (Phi) is 8.05. The number of amides is 2. The van der Waals surface area contributed by atoms with Gasteiger partial charge in [0.2, 0.25) is 0 Å². The highest BCUT2D eigenvalue weighted by Crippen LogP contribution is 2.32. The molecule has 1 aliphatic heterocycles. The molecule has 0 aromatic heterocycles. The summed E-state index contributed by atoms with van der Waals surface area (Å²) in [7, 11) is -4.37. The van der Waals surface area contributed by atoms with Gasteiger partial charge in [0, 0.05) is 23.2 Å². The van der Waals surface area contributed by atoms with E-state index in [2.05, 4.69) is 0 Å². The Morgan fingerprint density at radius 2 is 1.46 bits per heavy atom. The molecule has 0 spiro atoms. The second-order valence-electron chi connectivity index (χ2n) is 9.18.